The van der Waals surface area contributed by atoms with Gasteiger partial charge in [0, 0.05) is 10.8 Å². The fourth-order valence-corrected chi connectivity index (χ4v) is 2.17. The van der Waals surface area contributed by atoms with Gasteiger partial charge in [-0.15, -0.1) is 0 Å². The molecule has 0 aliphatic heterocycles. The molecule has 0 radical (unpaired) electrons. The van der Waals surface area contributed by atoms with Gasteiger partial charge in [-0.25, -0.2) is 0 Å². The third-order valence-electron chi connectivity index (χ3n) is 3.23. The zero-order chi connectivity index (χ0) is 15.4. The highest BCUT2D eigenvalue weighted by Gasteiger charge is 2.23. The molecule has 0 unspecified atom stereocenters. The maximum absolute atomic E-state index is 10.0. The minimum absolute atomic E-state index is 0.0323. The van der Waals surface area contributed by atoms with E-state index in [1.807, 2.05) is 0 Å². The molecule has 0 aromatic heterocycles. The highest BCUT2D eigenvalue weighted by molar-refractivity contribution is 6.25. The first-order chi connectivity index (χ1) is 9.20. The van der Waals surface area contributed by atoms with Gasteiger partial charge in [0.1, 0.15) is 5.84 Å². The summed E-state index contributed by atoms with van der Waals surface area (Å²) in [5, 5.41) is 17.9. The van der Waals surface area contributed by atoms with Crippen LogP contribution in [-0.4, -0.2) is 10.9 Å². The Morgan fingerprint density at radius 3 is 1.50 bits per heavy atom. The van der Waals surface area contributed by atoms with E-state index in [2.05, 4.69) is 0 Å². The average molecular weight is 276 g/mol. The van der Waals surface area contributed by atoms with E-state index in [9.17, 15) is 5.11 Å². The van der Waals surface area contributed by atoms with Crippen LogP contribution in [0.15, 0.2) is 0 Å². The van der Waals surface area contributed by atoms with Crippen LogP contribution in [0, 0.1) is 5.41 Å². The smallest absolute Gasteiger partial charge is 0.152 e. The molecule has 2 rings (SSSR count). The average Bonchev–Trinajstić information content (AvgIpc) is 2.37. The van der Waals surface area contributed by atoms with Crippen LogP contribution < -0.4 is 40.1 Å². The number of nitrogen functional groups attached to an aromatic ring is 7. The Hall–Kier alpha value is -3.23. The summed E-state index contributed by atoms with van der Waals surface area (Å²) in [6, 6.07) is 0. The van der Waals surface area contributed by atoms with E-state index in [4.69, 9.17) is 45.5 Å². The Bertz CT molecular complexity index is 768. The zero-order valence-electron chi connectivity index (χ0n) is 10.5. The van der Waals surface area contributed by atoms with Gasteiger partial charge in [-0.05, 0) is 0 Å². The largest absolute Gasteiger partial charge is 0.505 e. The molecular formula is C11H16N8O. The molecule has 0 spiro atoms. The molecule has 0 bridgehead atoms. The van der Waals surface area contributed by atoms with Crippen molar-refractivity contribution in [3.05, 3.63) is 5.56 Å². The number of aromatic hydroxyl groups is 1. The van der Waals surface area contributed by atoms with Crippen molar-refractivity contribution >= 4 is 50.7 Å². The third-order valence-corrected chi connectivity index (χ3v) is 3.23. The van der Waals surface area contributed by atoms with Crippen molar-refractivity contribution in [2.75, 3.05) is 34.4 Å². The van der Waals surface area contributed by atoms with Gasteiger partial charge < -0.3 is 45.2 Å². The Labute approximate surface area is 113 Å². The highest BCUT2D eigenvalue weighted by atomic mass is 16.3. The Morgan fingerprint density at radius 1 is 0.700 bits per heavy atom. The van der Waals surface area contributed by atoms with Crippen LogP contribution in [0.25, 0.3) is 10.8 Å². The lowest BCUT2D eigenvalue weighted by Crippen LogP contribution is -2.16. The second-order valence-electron chi connectivity index (χ2n) is 4.37. The summed E-state index contributed by atoms with van der Waals surface area (Å²) < 4.78 is 0. The maximum atomic E-state index is 10.0. The number of anilines is 6. The Kier molecular flexibility index (Phi) is 2.56. The SMILES string of the molecule is N=C(N)c1c(O)c(N)c2c(N)c(N)c(N)c(N)c2c1N. The van der Waals surface area contributed by atoms with E-state index >= 15 is 0 Å². The van der Waals surface area contributed by atoms with Crippen molar-refractivity contribution in [1.29, 1.82) is 5.41 Å². The van der Waals surface area contributed by atoms with E-state index in [1.165, 1.54) is 0 Å². The molecule has 0 aliphatic carbocycles. The van der Waals surface area contributed by atoms with Crippen LogP contribution in [0.5, 0.6) is 5.75 Å². The number of phenolic OH excluding ortho intramolecular Hbond substituents is 1. The number of hydrogen-bond donors (Lipinski definition) is 9. The second kappa shape index (κ2) is 3.88. The van der Waals surface area contributed by atoms with Gasteiger partial charge in [0.2, 0.25) is 0 Å². The van der Waals surface area contributed by atoms with Gasteiger partial charge in [0.05, 0.1) is 39.7 Å². The molecule has 2 aromatic carbocycles. The Balaban J connectivity index is 3.21. The second-order valence-corrected chi connectivity index (χ2v) is 4.37. The molecule has 0 amide bonds. The standard InChI is InChI=1S/C11H16N8O/c12-4-1-2(6(14)9(17)8(16)5(1)13)7(15)10(20)3(4)11(18)19/h20H,12-17H2,(H3,18,19). The molecule has 2 aromatic rings. The van der Waals surface area contributed by atoms with Crippen LogP contribution in [-0.2, 0) is 0 Å². The lowest BCUT2D eigenvalue weighted by atomic mass is 9.96. The molecule has 9 nitrogen and oxygen atoms in total. The normalized spacial score (nSPS) is 10.8. The monoisotopic (exact) mass is 276 g/mol. The number of phenols is 1. The summed E-state index contributed by atoms with van der Waals surface area (Å²) in [5.41, 5.74) is 40.3. The molecule has 106 valence electrons. The number of nitrogens with two attached hydrogens (primary N) is 7. The maximum Gasteiger partial charge on any atom is 0.152 e. The van der Waals surface area contributed by atoms with E-state index in [0.29, 0.717) is 0 Å². The third kappa shape index (κ3) is 1.40. The zero-order valence-corrected chi connectivity index (χ0v) is 10.5. The van der Waals surface area contributed by atoms with Gasteiger partial charge in [0.15, 0.2) is 5.75 Å². The van der Waals surface area contributed by atoms with Gasteiger partial charge in [-0.3, -0.25) is 5.41 Å². The van der Waals surface area contributed by atoms with E-state index in [1.54, 1.807) is 0 Å². The molecule has 0 aliphatic rings. The fraction of sp³-hybridized carbons (Fsp3) is 0. The van der Waals surface area contributed by atoms with Gasteiger partial charge in [-0.2, -0.15) is 0 Å². The lowest BCUT2D eigenvalue weighted by molar-refractivity contribution is 0.478. The number of fused-ring (bicyclic) bond motifs is 1. The van der Waals surface area contributed by atoms with E-state index in [0.717, 1.165) is 0 Å². The molecule has 0 fully saturated rings. The summed E-state index contributed by atoms with van der Waals surface area (Å²) in [5.74, 6) is -0.903. The van der Waals surface area contributed by atoms with Gasteiger partial charge >= 0.3 is 0 Å². The summed E-state index contributed by atoms with van der Waals surface area (Å²) in [7, 11) is 0. The van der Waals surface area contributed by atoms with E-state index in [-0.39, 0.29) is 50.5 Å². The van der Waals surface area contributed by atoms with Crippen LogP contribution in [0.4, 0.5) is 34.1 Å². The minimum Gasteiger partial charge on any atom is -0.505 e. The first-order valence-corrected chi connectivity index (χ1v) is 5.49. The van der Waals surface area contributed by atoms with Crippen LogP contribution >= 0.6 is 0 Å². The topological polar surface area (TPSA) is 226 Å². The van der Waals surface area contributed by atoms with Crippen molar-refractivity contribution in [2.24, 2.45) is 5.73 Å². The van der Waals surface area contributed by atoms with Crippen molar-refractivity contribution in [2.45, 2.75) is 0 Å². The summed E-state index contributed by atoms with van der Waals surface area (Å²) in [6.07, 6.45) is 0. The van der Waals surface area contributed by atoms with E-state index < -0.39 is 11.6 Å². The molecule has 0 saturated carbocycles. The molecule has 0 atom stereocenters. The number of nitrogens with one attached hydrogen (secondary N) is 1. The highest BCUT2D eigenvalue weighted by Crippen LogP contribution is 2.48. The van der Waals surface area contributed by atoms with Crippen LogP contribution in [0.3, 0.4) is 0 Å². The summed E-state index contributed by atoms with van der Waals surface area (Å²) in [6.45, 7) is 0. The molecule has 0 heterocycles. The van der Waals surface area contributed by atoms with Gasteiger partial charge in [-0.1, -0.05) is 0 Å². The first-order valence-electron chi connectivity index (χ1n) is 5.49. The first kappa shape index (κ1) is 13.2. The van der Waals surface area contributed by atoms with Crippen LogP contribution in [0.1, 0.15) is 5.56 Å². The van der Waals surface area contributed by atoms with Crippen LogP contribution in [0.2, 0.25) is 0 Å². The number of rotatable bonds is 1. The predicted octanol–water partition coefficient (Wildman–Crippen LogP) is -0.677. The lowest BCUT2D eigenvalue weighted by Gasteiger charge is -2.19. The van der Waals surface area contributed by atoms with Crippen molar-refractivity contribution in [3.8, 4) is 5.75 Å². The molecular weight excluding hydrogens is 260 g/mol. The summed E-state index contributed by atoms with van der Waals surface area (Å²) >= 11 is 0. The number of amidine groups is 1. The van der Waals surface area contributed by atoms with Crippen molar-refractivity contribution in [3.63, 3.8) is 0 Å². The van der Waals surface area contributed by atoms with Crippen molar-refractivity contribution < 1.29 is 5.11 Å². The van der Waals surface area contributed by atoms with Crippen molar-refractivity contribution in [1.82, 2.24) is 0 Å². The molecule has 20 heavy (non-hydrogen) atoms. The predicted molar refractivity (Wildman–Crippen MR) is 83.1 cm³/mol. The molecule has 16 N–H and O–H groups in total. The molecule has 9 heteroatoms. The van der Waals surface area contributed by atoms with Gasteiger partial charge in [0.25, 0.3) is 0 Å². The quantitative estimate of drug-likeness (QED) is 0.140. The number of hydrogen-bond acceptors (Lipinski definition) is 8. The molecule has 0 saturated heterocycles. The summed E-state index contributed by atoms with van der Waals surface area (Å²) in [4.78, 5) is 0. The minimum atomic E-state index is -0.457. The Morgan fingerprint density at radius 2 is 1.10 bits per heavy atom. The fourth-order valence-electron chi connectivity index (χ4n) is 2.17. The number of benzene rings is 2.